The molecule has 0 radical (unpaired) electrons. The fraction of sp³-hybridized carbons (Fsp3) is 0.250. The molecule has 0 aliphatic rings. The molecule has 122 valence electrons. The van der Waals surface area contributed by atoms with Crippen LogP contribution in [-0.4, -0.2) is 41.4 Å². The van der Waals surface area contributed by atoms with Gasteiger partial charge in [0.2, 0.25) is 0 Å². The van der Waals surface area contributed by atoms with Gasteiger partial charge in [0.15, 0.2) is 0 Å². The molecule has 0 unspecified atom stereocenters. The zero-order chi connectivity index (χ0) is 16.7. The summed E-state index contributed by atoms with van der Waals surface area (Å²) in [5.41, 5.74) is 1.74. The number of phenolic OH excluding ortho intramolecular Hbond substituents is 1. The van der Waals surface area contributed by atoms with Gasteiger partial charge in [0.05, 0.1) is 11.5 Å². The number of phenols is 1. The number of hydrogen-bond acceptors (Lipinski definition) is 6. The molecule has 7 nitrogen and oxygen atoms in total. The first-order valence-corrected chi connectivity index (χ1v) is 7.23. The number of rotatable bonds is 8. The zero-order valence-corrected chi connectivity index (χ0v) is 12.6. The highest BCUT2D eigenvalue weighted by Gasteiger charge is 2.09. The minimum absolute atomic E-state index is 0.00377. The van der Waals surface area contributed by atoms with Crippen LogP contribution in [0.25, 0.3) is 0 Å². The Labute approximate surface area is 133 Å². The number of benzene rings is 2. The van der Waals surface area contributed by atoms with Crippen LogP contribution in [0.4, 0.5) is 17.1 Å². The SMILES string of the molecule is O=[N+]([O-])c1ccc(N(CCO)CCNc2ccc(O)cc2)cc1. The van der Waals surface area contributed by atoms with Gasteiger partial charge in [-0.3, -0.25) is 10.1 Å². The quantitative estimate of drug-likeness (QED) is 0.392. The summed E-state index contributed by atoms with van der Waals surface area (Å²) in [6.07, 6.45) is 0. The highest BCUT2D eigenvalue weighted by molar-refractivity contribution is 5.51. The molecular weight excluding hydrogens is 298 g/mol. The lowest BCUT2D eigenvalue weighted by molar-refractivity contribution is -0.384. The van der Waals surface area contributed by atoms with Crippen LogP contribution in [0.5, 0.6) is 5.75 Å². The van der Waals surface area contributed by atoms with Crippen molar-refractivity contribution in [1.82, 2.24) is 0 Å². The molecule has 0 aromatic heterocycles. The number of aliphatic hydroxyl groups excluding tert-OH is 1. The highest BCUT2D eigenvalue weighted by atomic mass is 16.6. The van der Waals surface area contributed by atoms with Crippen LogP contribution in [0, 0.1) is 10.1 Å². The number of anilines is 2. The summed E-state index contributed by atoms with van der Waals surface area (Å²) in [7, 11) is 0. The molecule has 3 N–H and O–H groups in total. The Bertz CT molecular complexity index is 629. The molecule has 0 fully saturated rings. The Morgan fingerprint density at radius 3 is 2.26 bits per heavy atom. The van der Waals surface area contributed by atoms with Gasteiger partial charge in [-0.05, 0) is 36.4 Å². The summed E-state index contributed by atoms with van der Waals surface area (Å²) < 4.78 is 0. The second-order valence-electron chi connectivity index (χ2n) is 4.96. The molecule has 0 atom stereocenters. The number of nitro benzene ring substituents is 1. The lowest BCUT2D eigenvalue weighted by Crippen LogP contribution is -2.31. The van der Waals surface area contributed by atoms with Crippen molar-refractivity contribution in [2.24, 2.45) is 0 Å². The molecule has 0 saturated heterocycles. The molecule has 0 heterocycles. The fourth-order valence-electron chi connectivity index (χ4n) is 2.19. The summed E-state index contributed by atoms with van der Waals surface area (Å²) in [6.45, 7) is 1.69. The van der Waals surface area contributed by atoms with Gasteiger partial charge in [-0.25, -0.2) is 0 Å². The van der Waals surface area contributed by atoms with E-state index in [0.29, 0.717) is 19.6 Å². The van der Waals surface area contributed by atoms with E-state index in [-0.39, 0.29) is 18.0 Å². The number of nitro groups is 1. The van der Waals surface area contributed by atoms with Crippen LogP contribution in [-0.2, 0) is 0 Å². The van der Waals surface area contributed by atoms with Gasteiger partial charge >= 0.3 is 0 Å². The van der Waals surface area contributed by atoms with Crippen molar-refractivity contribution in [1.29, 1.82) is 0 Å². The standard InChI is InChI=1S/C16H19N3O4/c20-12-11-18(14-3-5-15(6-4-14)19(22)23)10-9-17-13-1-7-16(21)8-2-13/h1-8,17,20-21H,9-12H2. The molecule has 0 aliphatic carbocycles. The zero-order valence-electron chi connectivity index (χ0n) is 12.6. The molecule has 2 rings (SSSR count). The van der Waals surface area contributed by atoms with Crippen molar-refractivity contribution in [3.63, 3.8) is 0 Å². The van der Waals surface area contributed by atoms with E-state index in [2.05, 4.69) is 5.32 Å². The number of aliphatic hydroxyl groups is 1. The lowest BCUT2D eigenvalue weighted by Gasteiger charge is -2.24. The Kier molecular flexibility index (Phi) is 5.76. The summed E-state index contributed by atoms with van der Waals surface area (Å²) in [5.74, 6) is 0.211. The van der Waals surface area contributed by atoms with Gasteiger partial charge in [0.1, 0.15) is 5.75 Å². The van der Waals surface area contributed by atoms with Gasteiger partial charge in [-0.15, -0.1) is 0 Å². The van der Waals surface area contributed by atoms with E-state index in [1.807, 2.05) is 4.90 Å². The van der Waals surface area contributed by atoms with E-state index in [1.165, 1.54) is 12.1 Å². The van der Waals surface area contributed by atoms with Crippen molar-refractivity contribution in [3.8, 4) is 5.75 Å². The molecular formula is C16H19N3O4. The van der Waals surface area contributed by atoms with Crippen molar-refractivity contribution >= 4 is 17.1 Å². The monoisotopic (exact) mass is 317 g/mol. The number of nitrogens with zero attached hydrogens (tertiary/aromatic N) is 2. The molecule has 0 aliphatic heterocycles. The number of nitrogens with one attached hydrogen (secondary N) is 1. The van der Waals surface area contributed by atoms with E-state index in [9.17, 15) is 20.3 Å². The molecule has 0 spiro atoms. The second-order valence-corrected chi connectivity index (χ2v) is 4.96. The van der Waals surface area contributed by atoms with Crippen LogP contribution in [0.3, 0.4) is 0 Å². The predicted molar refractivity (Wildman–Crippen MR) is 89.0 cm³/mol. The Morgan fingerprint density at radius 1 is 1.04 bits per heavy atom. The summed E-state index contributed by atoms with van der Waals surface area (Å²) in [4.78, 5) is 12.2. The van der Waals surface area contributed by atoms with E-state index in [0.717, 1.165) is 11.4 Å². The topological polar surface area (TPSA) is 98.9 Å². The first kappa shape index (κ1) is 16.6. The maximum absolute atomic E-state index is 10.7. The van der Waals surface area contributed by atoms with Gasteiger partial charge in [0, 0.05) is 43.1 Å². The van der Waals surface area contributed by atoms with Crippen LogP contribution in [0.15, 0.2) is 48.5 Å². The van der Waals surface area contributed by atoms with Gasteiger partial charge < -0.3 is 20.4 Å². The minimum atomic E-state index is -0.438. The number of non-ortho nitro benzene ring substituents is 1. The third-order valence-electron chi connectivity index (χ3n) is 3.37. The molecule has 7 heteroatoms. The molecule has 0 bridgehead atoms. The van der Waals surface area contributed by atoms with Crippen molar-refractivity contribution in [3.05, 3.63) is 58.6 Å². The van der Waals surface area contributed by atoms with E-state index < -0.39 is 4.92 Å². The maximum atomic E-state index is 10.7. The fourth-order valence-corrected chi connectivity index (χ4v) is 2.19. The van der Waals surface area contributed by atoms with Crippen molar-refractivity contribution in [2.75, 3.05) is 36.5 Å². The van der Waals surface area contributed by atoms with Crippen molar-refractivity contribution in [2.45, 2.75) is 0 Å². The summed E-state index contributed by atoms with van der Waals surface area (Å²) >= 11 is 0. The molecule has 0 amide bonds. The number of hydrogen-bond donors (Lipinski definition) is 3. The highest BCUT2D eigenvalue weighted by Crippen LogP contribution is 2.19. The van der Waals surface area contributed by atoms with E-state index in [1.54, 1.807) is 36.4 Å². The van der Waals surface area contributed by atoms with Crippen LogP contribution in [0.2, 0.25) is 0 Å². The molecule has 0 saturated carbocycles. The largest absolute Gasteiger partial charge is 0.508 e. The van der Waals surface area contributed by atoms with Crippen LogP contribution < -0.4 is 10.2 Å². The van der Waals surface area contributed by atoms with Crippen molar-refractivity contribution < 1.29 is 15.1 Å². The summed E-state index contributed by atoms with van der Waals surface area (Å²) in [5, 5.41) is 32.3. The average molecular weight is 317 g/mol. The maximum Gasteiger partial charge on any atom is 0.269 e. The minimum Gasteiger partial charge on any atom is -0.508 e. The normalized spacial score (nSPS) is 10.3. The second kappa shape index (κ2) is 8.00. The van der Waals surface area contributed by atoms with Crippen LogP contribution in [0.1, 0.15) is 0 Å². The molecule has 23 heavy (non-hydrogen) atoms. The smallest absolute Gasteiger partial charge is 0.269 e. The Hall–Kier alpha value is -2.80. The summed E-state index contributed by atoms with van der Waals surface area (Å²) in [6, 6.07) is 13.0. The lowest BCUT2D eigenvalue weighted by atomic mass is 10.2. The number of aromatic hydroxyl groups is 1. The van der Waals surface area contributed by atoms with Crippen LogP contribution >= 0.6 is 0 Å². The molecule has 2 aromatic rings. The Balaban J connectivity index is 1.95. The average Bonchev–Trinajstić information content (AvgIpc) is 2.56. The predicted octanol–water partition coefficient (Wildman–Crippen LogP) is 2.21. The van der Waals surface area contributed by atoms with Gasteiger partial charge in [-0.2, -0.15) is 0 Å². The molecule has 2 aromatic carbocycles. The first-order valence-electron chi connectivity index (χ1n) is 7.23. The van der Waals surface area contributed by atoms with E-state index >= 15 is 0 Å². The Morgan fingerprint density at radius 2 is 1.70 bits per heavy atom. The van der Waals surface area contributed by atoms with Gasteiger partial charge in [-0.1, -0.05) is 0 Å². The third kappa shape index (κ3) is 4.86. The first-order chi connectivity index (χ1) is 11.1. The van der Waals surface area contributed by atoms with Gasteiger partial charge in [0.25, 0.3) is 5.69 Å². The van der Waals surface area contributed by atoms with E-state index in [4.69, 9.17) is 0 Å². The third-order valence-corrected chi connectivity index (χ3v) is 3.37.